The van der Waals surface area contributed by atoms with Gasteiger partial charge in [0.1, 0.15) is 0 Å². The van der Waals surface area contributed by atoms with Crippen LogP contribution in [0.3, 0.4) is 0 Å². The molecule has 0 radical (unpaired) electrons. The first-order valence-electron chi connectivity index (χ1n) is 3.59. The van der Waals surface area contributed by atoms with Crippen LogP contribution in [0, 0.1) is 0 Å². The predicted octanol–water partition coefficient (Wildman–Crippen LogP) is 0.923. The number of rotatable bonds is 1. The lowest BCUT2D eigenvalue weighted by molar-refractivity contribution is 0.0698. The SMILES string of the molecule is O=C(O)c1cnc2n(O)cccc1-2. The minimum atomic E-state index is -1.05. The maximum absolute atomic E-state index is 10.7. The van der Waals surface area contributed by atoms with E-state index in [0.29, 0.717) is 5.56 Å². The Morgan fingerprint density at radius 1 is 1.54 bits per heavy atom. The molecule has 0 fully saturated rings. The minimum absolute atomic E-state index is 0.0957. The van der Waals surface area contributed by atoms with Gasteiger partial charge in [-0.2, -0.15) is 4.73 Å². The van der Waals surface area contributed by atoms with E-state index in [1.54, 1.807) is 12.1 Å². The number of aromatic nitrogens is 2. The first-order chi connectivity index (χ1) is 6.20. The third-order valence-corrected chi connectivity index (χ3v) is 1.78. The van der Waals surface area contributed by atoms with E-state index in [0.717, 1.165) is 4.73 Å². The van der Waals surface area contributed by atoms with Crippen LogP contribution in [0.4, 0.5) is 0 Å². The molecule has 0 bridgehead atoms. The normalized spacial score (nSPS) is 10.5. The number of carboxylic acid groups (broad SMARTS) is 1. The second kappa shape index (κ2) is 2.48. The monoisotopic (exact) mass is 178 g/mol. The number of carbonyl (C=O) groups is 1. The highest BCUT2D eigenvalue weighted by Crippen LogP contribution is 2.23. The molecule has 2 aliphatic heterocycles. The van der Waals surface area contributed by atoms with Crippen LogP contribution in [0.5, 0.6) is 0 Å². The number of aromatic carboxylic acids is 1. The molecule has 5 heteroatoms. The van der Waals surface area contributed by atoms with E-state index in [1.165, 1.54) is 12.4 Å². The zero-order chi connectivity index (χ0) is 9.42. The second-order valence-corrected chi connectivity index (χ2v) is 2.57. The molecule has 0 unspecified atom stereocenters. The van der Waals surface area contributed by atoms with Crippen molar-refractivity contribution in [3.8, 4) is 11.4 Å². The van der Waals surface area contributed by atoms with Crippen molar-refractivity contribution in [2.45, 2.75) is 0 Å². The van der Waals surface area contributed by atoms with Crippen LogP contribution in [0.25, 0.3) is 11.4 Å². The summed E-state index contributed by atoms with van der Waals surface area (Å²) in [6, 6.07) is 3.15. The van der Waals surface area contributed by atoms with Crippen molar-refractivity contribution in [3.05, 3.63) is 30.1 Å². The summed E-state index contributed by atoms with van der Waals surface area (Å²) in [7, 11) is 0. The molecule has 0 saturated heterocycles. The number of hydrogen-bond donors (Lipinski definition) is 2. The molecule has 0 amide bonds. The molecule has 0 spiro atoms. The summed E-state index contributed by atoms with van der Waals surface area (Å²) < 4.78 is 0.793. The molecule has 2 N–H and O–H groups in total. The lowest BCUT2D eigenvalue weighted by Gasteiger charge is -2.02. The van der Waals surface area contributed by atoms with Crippen molar-refractivity contribution in [2.24, 2.45) is 0 Å². The van der Waals surface area contributed by atoms with Gasteiger partial charge in [0.15, 0.2) is 5.82 Å². The lowest BCUT2D eigenvalue weighted by atomic mass is 10.1. The maximum atomic E-state index is 10.7. The predicted molar refractivity (Wildman–Crippen MR) is 43.0 cm³/mol. The molecule has 0 atom stereocenters. The van der Waals surface area contributed by atoms with Gasteiger partial charge in [-0.05, 0) is 12.1 Å². The Bertz CT molecular complexity index is 435. The summed E-state index contributed by atoms with van der Waals surface area (Å²) in [5.41, 5.74) is 0.524. The van der Waals surface area contributed by atoms with Crippen LogP contribution >= 0.6 is 0 Å². The summed E-state index contributed by atoms with van der Waals surface area (Å²) in [6.45, 7) is 0. The number of carboxylic acids is 1. The van der Waals surface area contributed by atoms with Crippen molar-refractivity contribution in [3.63, 3.8) is 0 Å². The maximum Gasteiger partial charge on any atom is 0.338 e. The van der Waals surface area contributed by atoms with E-state index in [-0.39, 0.29) is 11.4 Å². The molecule has 0 aliphatic carbocycles. The lowest BCUT2D eigenvalue weighted by Crippen LogP contribution is -2.00. The fraction of sp³-hybridized carbons (Fsp3) is 0. The van der Waals surface area contributed by atoms with Gasteiger partial charge in [0, 0.05) is 18.0 Å². The average molecular weight is 178 g/mol. The van der Waals surface area contributed by atoms with Gasteiger partial charge >= 0.3 is 5.97 Å². The third kappa shape index (κ3) is 1.01. The second-order valence-electron chi connectivity index (χ2n) is 2.57. The Kier molecular flexibility index (Phi) is 1.45. The third-order valence-electron chi connectivity index (χ3n) is 1.78. The largest absolute Gasteiger partial charge is 0.478 e. The fourth-order valence-electron chi connectivity index (χ4n) is 1.19. The molecule has 0 aromatic heterocycles. The molecule has 0 aromatic rings. The van der Waals surface area contributed by atoms with E-state index in [2.05, 4.69) is 4.98 Å². The van der Waals surface area contributed by atoms with Crippen molar-refractivity contribution < 1.29 is 15.1 Å². The summed E-state index contributed by atoms with van der Waals surface area (Å²) in [4.78, 5) is 14.4. The summed E-state index contributed by atoms with van der Waals surface area (Å²) >= 11 is 0. The summed E-state index contributed by atoms with van der Waals surface area (Å²) in [5, 5.41) is 18.0. The highest BCUT2D eigenvalue weighted by atomic mass is 16.5. The van der Waals surface area contributed by atoms with Gasteiger partial charge in [-0.1, -0.05) is 0 Å². The molecular formula is C8H6N2O3. The van der Waals surface area contributed by atoms with Crippen LogP contribution in [-0.4, -0.2) is 26.0 Å². The molecule has 0 saturated carbocycles. The van der Waals surface area contributed by atoms with E-state index in [4.69, 9.17) is 5.11 Å². The van der Waals surface area contributed by atoms with Gasteiger partial charge in [-0.25, -0.2) is 9.78 Å². The Hall–Kier alpha value is -2.04. The first kappa shape index (κ1) is 7.60. The van der Waals surface area contributed by atoms with Crippen LogP contribution < -0.4 is 0 Å². The highest BCUT2D eigenvalue weighted by molar-refractivity contribution is 5.95. The standard InChI is InChI=1S/C8H6N2O3/c11-8(12)6-4-9-7-5(6)2-1-3-10(7)13/h1-4,13H,(H,11,12). The van der Waals surface area contributed by atoms with E-state index < -0.39 is 5.97 Å². The van der Waals surface area contributed by atoms with Gasteiger partial charge < -0.3 is 10.3 Å². The van der Waals surface area contributed by atoms with Crippen molar-refractivity contribution in [1.82, 2.24) is 9.71 Å². The smallest absolute Gasteiger partial charge is 0.338 e. The van der Waals surface area contributed by atoms with E-state index >= 15 is 0 Å². The summed E-state index contributed by atoms with van der Waals surface area (Å²) in [6.07, 6.45) is 2.61. The van der Waals surface area contributed by atoms with Crippen LogP contribution in [0.1, 0.15) is 10.4 Å². The van der Waals surface area contributed by atoms with Crippen LogP contribution in [0.15, 0.2) is 24.5 Å². The quantitative estimate of drug-likeness (QED) is 0.637. The number of fused-ring (bicyclic) bond motifs is 1. The molecule has 66 valence electrons. The fourth-order valence-corrected chi connectivity index (χ4v) is 1.19. The van der Waals surface area contributed by atoms with E-state index in [9.17, 15) is 10.0 Å². The van der Waals surface area contributed by atoms with Crippen molar-refractivity contribution in [1.29, 1.82) is 0 Å². The Balaban J connectivity index is 2.70. The zero-order valence-electron chi connectivity index (χ0n) is 6.51. The highest BCUT2D eigenvalue weighted by Gasteiger charge is 2.18. The molecule has 5 nitrogen and oxygen atoms in total. The Morgan fingerprint density at radius 2 is 2.31 bits per heavy atom. The van der Waals surface area contributed by atoms with Gasteiger partial charge in [0.05, 0.1) is 5.56 Å². The van der Waals surface area contributed by atoms with Gasteiger partial charge in [-0.3, -0.25) is 0 Å². The summed E-state index contributed by atoms with van der Waals surface area (Å²) in [5.74, 6) is -0.798. The van der Waals surface area contributed by atoms with Gasteiger partial charge in [-0.15, -0.1) is 0 Å². The average Bonchev–Trinajstić information content (AvgIpc) is 2.48. The van der Waals surface area contributed by atoms with Gasteiger partial charge in [0.25, 0.3) is 0 Å². The molecule has 2 rings (SSSR count). The Labute approximate surface area is 73.2 Å². The molecule has 13 heavy (non-hydrogen) atoms. The number of pyridine rings is 1. The van der Waals surface area contributed by atoms with Crippen LogP contribution in [-0.2, 0) is 0 Å². The topological polar surface area (TPSA) is 75.3 Å². The zero-order valence-corrected chi connectivity index (χ0v) is 6.51. The molecule has 0 aromatic carbocycles. The molecule has 2 heterocycles. The minimum Gasteiger partial charge on any atom is -0.478 e. The van der Waals surface area contributed by atoms with Gasteiger partial charge in [0.2, 0.25) is 0 Å². The van der Waals surface area contributed by atoms with Crippen molar-refractivity contribution in [2.75, 3.05) is 0 Å². The Morgan fingerprint density at radius 3 is 3.00 bits per heavy atom. The first-order valence-corrected chi connectivity index (χ1v) is 3.59. The number of hydrogen-bond acceptors (Lipinski definition) is 3. The van der Waals surface area contributed by atoms with Crippen LogP contribution in [0.2, 0.25) is 0 Å². The molecular weight excluding hydrogens is 172 g/mol. The number of nitrogens with zero attached hydrogens (tertiary/aromatic N) is 2. The van der Waals surface area contributed by atoms with Crippen molar-refractivity contribution >= 4 is 5.97 Å². The van der Waals surface area contributed by atoms with E-state index in [1.807, 2.05) is 0 Å². The molecule has 2 aliphatic rings.